The molecule has 0 aliphatic carbocycles. The van der Waals surface area contributed by atoms with Crippen molar-refractivity contribution in [2.75, 3.05) is 6.61 Å². The van der Waals surface area contributed by atoms with Gasteiger partial charge in [0.15, 0.2) is 21.3 Å². The van der Waals surface area contributed by atoms with Crippen LogP contribution in [0.5, 0.6) is 11.5 Å². The Hall–Kier alpha value is -4.19. The number of esters is 1. The highest BCUT2D eigenvalue weighted by atomic mass is 32.2. The van der Waals surface area contributed by atoms with Gasteiger partial charge in [0.25, 0.3) is 0 Å². The zero-order valence-corrected chi connectivity index (χ0v) is 22.8. The molecule has 0 N–H and O–H groups in total. The SMILES string of the molecule is CC(C)(OC(=O)COc1ccc([S+](c2cc(F)cc(F)c2)c2cc(F)cc(F)c2)cc1)c1ccc(OC(F)(F)F)cc1. The minimum atomic E-state index is -4.84. The first-order valence-electron chi connectivity index (χ1n) is 12.2. The number of alkyl halides is 3. The summed E-state index contributed by atoms with van der Waals surface area (Å²) in [5.41, 5.74) is -0.806. The van der Waals surface area contributed by atoms with Crippen LogP contribution in [0.15, 0.2) is 99.6 Å². The smallest absolute Gasteiger partial charge is 0.482 e. The molecule has 220 valence electrons. The Kier molecular flexibility index (Phi) is 9.05. The third-order valence-corrected chi connectivity index (χ3v) is 7.87. The molecule has 0 unspecified atom stereocenters. The second-order valence-corrected chi connectivity index (χ2v) is 11.4. The largest absolute Gasteiger partial charge is 0.573 e. The average molecular weight is 612 g/mol. The zero-order valence-electron chi connectivity index (χ0n) is 22.0. The first-order chi connectivity index (χ1) is 19.7. The molecule has 0 spiro atoms. The fourth-order valence-electron chi connectivity index (χ4n) is 3.95. The van der Waals surface area contributed by atoms with Gasteiger partial charge >= 0.3 is 12.3 Å². The summed E-state index contributed by atoms with van der Waals surface area (Å²) in [5.74, 6) is -4.39. The molecule has 0 aromatic heterocycles. The lowest BCUT2D eigenvalue weighted by molar-refractivity contribution is -0.274. The third kappa shape index (κ3) is 8.19. The molecule has 0 amide bonds. The Morgan fingerprint density at radius 3 is 1.57 bits per heavy atom. The van der Waals surface area contributed by atoms with E-state index in [1.807, 2.05) is 0 Å². The maximum absolute atomic E-state index is 14.0. The van der Waals surface area contributed by atoms with Crippen LogP contribution in [0, 0.1) is 23.3 Å². The van der Waals surface area contributed by atoms with Gasteiger partial charge in [0, 0.05) is 36.4 Å². The van der Waals surface area contributed by atoms with Crippen LogP contribution in [-0.2, 0) is 26.0 Å². The van der Waals surface area contributed by atoms with Crippen LogP contribution < -0.4 is 9.47 Å². The van der Waals surface area contributed by atoms with Crippen molar-refractivity contribution in [1.82, 2.24) is 0 Å². The summed E-state index contributed by atoms with van der Waals surface area (Å²) in [5, 5.41) is 0. The van der Waals surface area contributed by atoms with Crippen molar-refractivity contribution >= 4 is 16.9 Å². The fraction of sp³-hybridized carbons (Fsp3) is 0.167. The highest BCUT2D eigenvalue weighted by Crippen LogP contribution is 2.34. The van der Waals surface area contributed by atoms with Crippen molar-refractivity contribution in [3.05, 3.63) is 114 Å². The van der Waals surface area contributed by atoms with E-state index < -0.39 is 64.5 Å². The molecular formula is C30H22F7O4S+. The Morgan fingerprint density at radius 2 is 1.12 bits per heavy atom. The standard InChI is InChI=1S/C30H22F7O4S/c1-29(2,18-3-5-24(6-4-18)40-30(35,36)37)41-28(38)17-39-23-7-9-25(10-8-23)42(26-13-19(31)11-20(32)14-26)27-15-21(33)12-22(34)16-27/h3-16H,17H2,1-2H3/q+1. The minimum absolute atomic E-state index is 0.148. The summed E-state index contributed by atoms with van der Waals surface area (Å²) >= 11 is 0. The summed E-state index contributed by atoms with van der Waals surface area (Å²) in [6.45, 7) is 2.57. The monoisotopic (exact) mass is 611 g/mol. The molecule has 4 rings (SSSR count). The average Bonchev–Trinajstić information content (AvgIpc) is 2.86. The third-order valence-electron chi connectivity index (χ3n) is 5.71. The number of ether oxygens (including phenoxy) is 3. The number of rotatable bonds is 9. The molecule has 0 atom stereocenters. The summed E-state index contributed by atoms with van der Waals surface area (Å²) in [4.78, 5) is 13.2. The van der Waals surface area contributed by atoms with Gasteiger partial charge in [-0.2, -0.15) is 0 Å². The first-order valence-corrected chi connectivity index (χ1v) is 13.4. The Balaban J connectivity index is 1.46. The fourth-order valence-corrected chi connectivity index (χ4v) is 6.09. The lowest BCUT2D eigenvalue weighted by atomic mass is 9.98. The molecule has 0 saturated heterocycles. The molecule has 4 aromatic rings. The maximum Gasteiger partial charge on any atom is 0.573 e. The molecule has 0 radical (unpaired) electrons. The van der Waals surface area contributed by atoms with Crippen molar-refractivity contribution in [2.24, 2.45) is 0 Å². The molecule has 42 heavy (non-hydrogen) atoms. The molecule has 0 heterocycles. The Bertz CT molecular complexity index is 1460. The van der Waals surface area contributed by atoms with E-state index in [9.17, 15) is 35.5 Å². The van der Waals surface area contributed by atoms with Gasteiger partial charge in [-0.05, 0) is 55.8 Å². The van der Waals surface area contributed by atoms with Gasteiger partial charge in [-0.15, -0.1) is 13.2 Å². The second kappa shape index (κ2) is 12.4. The quantitative estimate of drug-likeness (QED) is 0.109. The predicted octanol–water partition coefficient (Wildman–Crippen LogP) is 8.09. The molecule has 0 fully saturated rings. The Morgan fingerprint density at radius 1 is 0.667 bits per heavy atom. The summed E-state index contributed by atoms with van der Waals surface area (Å²) in [6.07, 6.45) is -4.84. The van der Waals surface area contributed by atoms with Crippen LogP contribution in [0.4, 0.5) is 30.7 Å². The topological polar surface area (TPSA) is 44.8 Å². The number of hydrogen-bond acceptors (Lipinski definition) is 4. The van der Waals surface area contributed by atoms with Crippen LogP contribution in [-0.4, -0.2) is 18.9 Å². The van der Waals surface area contributed by atoms with E-state index in [1.165, 1.54) is 36.4 Å². The normalized spacial score (nSPS) is 11.9. The van der Waals surface area contributed by atoms with E-state index in [1.54, 1.807) is 13.8 Å². The molecule has 0 bridgehead atoms. The van der Waals surface area contributed by atoms with E-state index >= 15 is 0 Å². The highest BCUT2D eigenvalue weighted by Gasteiger charge is 2.33. The summed E-state index contributed by atoms with van der Waals surface area (Å²) < 4.78 is 108. The van der Waals surface area contributed by atoms with E-state index in [-0.39, 0.29) is 15.5 Å². The molecule has 12 heteroatoms. The minimum Gasteiger partial charge on any atom is -0.482 e. The van der Waals surface area contributed by atoms with Crippen LogP contribution in [0.25, 0.3) is 0 Å². The number of benzene rings is 4. The molecule has 4 aromatic carbocycles. The molecule has 0 aliphatic heterocycles. The number of carbonyl (C=O) groups is 1. The molecule has 4 nitrogen and oxygen atoms in total. The van der Waals surface area contributed by atoms with Crippen LogP contribution in [0.2, 0.25) is 0 Å². The number of hydrogen-bond donors (Lipinski definition) is 0. The number of halogens is 7. The van der Waals surface area contributed by atoms with Gasteiger partial charge in [-0.1, -0.05) is 12.1 Å². The van der Waals surface area contributed by atoms with Gasteiger partial charge in [0.05, 0.1) is 10.9 Å². The van der Waals surface area contributed by atoms with E-state index in [2.05, 4.69) is 4.74 Å². The lowest BCUT2D eigenvalue weighted by Gasteiger charge is -2.26. The summed E-state index contributed by atoms with van der Waals surface area (Å²) in [7, 11) is -1.30. The van der Waals surface area contributed by atoms with Gasteiger partial charge in [-0.25, -0.2) is 22.4 Å². The van der Waals surface area contributed by atoms with Crippen molar-refractivity contribution in [2.45, 2.75) is 40.5 Å². The van der Waals surface area contributed by atoms with Gasteiger partial charge in [-0.3, -0.25) is 0 Å². The second-order valence-electron chi connectivity index (χ2n) is 9.33. The number of carbonyl (C=O) groups excluding carboxylic acids is 1. The van der Waals surface area contributed by atoms with E-state index in [0.717, 1.165) is 36.4 Å². The maximum atomic E-state index is 14.0. The lowest BCUT2D eigenvalue weighted by Crippen LogP contribution is -2.28. The van der Waals surface area contributed by atoms with Crippen molar-refractivity contribution in [3.8, 4) is 11.5 Å². The van der Waals surface area contributed by atoms with Gasteiger partial charge in [0.1, 0.15) is 40.4 Å². The first kappa shape index (κ1) is 30.8. The van der Waals surface area contributed by atoms with Gasteiger partial charge in [0.2, 0.25) is 0 Å². The Labute approximate surface area is 239 Å². The van der Waals surface area contributed by atoms with E-state index in [0.29, 0.717) is 22.6 Å². The molecule has 0 saturated carbocycles. The van der Waals surface area contributed by atoms with Crippen LogP contribution in [0.3, 0.4) is 0 Å². The predicted molar refractivity (Wildman–Crippen MR) is 139 cm³/mol. The van der Waals surface area contributed by atoms with Crippen molar-refractivity contribution in [3.63, 3.8) is 0 Å². The van der Waals surface area contributed by atoms with Crippen molar-refractivity contribution < 1.29 is 49.7 Å². The van der Waals surface area contributed by atoms with E-state index in [4.69, 9.17) is 9.47 Å². The zero-order chi connectivity index (χ0) is 30.7. The summed E-state index contributed by atoms with van der Waals surface area (Å²) in [6, 6.07) is 16.6. The van der Waals surface area contributed by atoms with Crippen LogP contribution >= 0.6 is 0 Å². The molecule has 0 aliphatic rings. The van der Waals surface area contributed by atoms with Crippen molar-refractivity contribution in [1.29, 1.82) is 0 Å². The molecular weight excluding hydrogens is 589 g/mol. The van der Waals surface area contributed by atoms with Crippen LogP contribution in [0.1, 0.15) is 19.4 Å². The highest BCUT2D eigenvalue weighted by molar-refractivity contribution is 7.97. The van der Waals surface area contributed by atoms with Gasteiger partial charge < -0.3 is 14.2 Å².